The van der Waals surface area contributed by atoms with E-state index in [2.05, 4.69) is 5.32 Å². The lowest BCUT2D eigenvalue weighted by molar-refractivity contribution is -0.139. The largest absolute Gasteiger partial charge is 0.469 e. The molecule has 2 heterocycles. The smallest absolute Gasteiger partial charge is 0.255 e. The molecular weight excluding hydrogens is 306 g/mol. The van der Waals surface area contributed by atoms with Gasteiger partial charge in [0.25, 0.3) is 5.91 Å². The van der Waals surface area contributed by atoms with Gasteiger partial charge in [-0.2, -0.15) is 0 Å². The van der Waals surface area contributed by atoms with Crippen LogP contribution >= 0.6 is 0 Å². The first-order chi connectivity index (χ1) is 11.5. The van der Waals surface area contributed by atoms with E-state index in [1.807, 2.05) is 4.90 Å². The van der Waals surface area contributed by atoms with Crippen molar-refractivity contribution in [3.05, 3.63) is 23.7 Å². The van der Waals surface area contributed by atoms with Crippen molar-refractivity contribution in [2.24, 2.45) is 5.73 Å². The van der Waals surface area contributed by atoms with Gasteiger partial charge < -0.3 is 20.4 Å². The van der Waals surface area contributed by atoms with Gasteiger partial charge in [-0.3, -0.25) is 9.59 Å². The van der Waals surface area contributed by atoms with E-state index < -0.39 is 5.54 Å². The lowest BCUT2D eigenvalue weighted by Gasteiger charge is -2.40. The van der Waals surface area contributed by atoms with Gasteiger partial charge in [0, 0.05) is 19.1 Å². The van der Waals surface area contributed by atoms with Gasteiger partial charge in [0.05, 0.1) is 17.4 Å². The molecule has 3 N–H and O–H groups in total. The van der Waals surface area contributed by atoms with Crippen molar-refractivity contribution in [3.8, 4) is 0 Å². The number of nitrogens with one attached hydrogen (secondary N) is 1. The number of rotatable bonds is 3. The van der Waals surface area contributed by atoms with Crippen LogP contribution in [0.3, 0.4) is 0 Å². The van der Waals surface area contributed by atoms with Gasteiger partial charge in [0.15, 0.2) is 0 Å². The van der Waals surface area contributed by atoms with Crippen LogP contribution in [0.4, 0.5) is 0 Å². The maximum absolute atomic E-state index is 12.7. The number of aryl methyl sites for hydroxylation is 1. The molecule has 0 bridgehead atoms. The van der Waals surface area contributed by atoms with Crippen LogP contribution < -0.4 is 11.1 Å². The highest BCUT2D eigenvalue weighted by molar-refractivity contribution is 5.95. The highest BCUT2D eigenvalue weighted by atomic mass is 16.3. The minimum atomic E-state index is -0.664. The van der Waals surface area contributed by atoms with E-state index in [0.29, 0.717) is 24.4 Å². The van der Waals surface area contributed by atoms with E-state index in [0.717, 1.165) is 38.5 Å². The molecule has 0 unspecified atom stereocenters. The van der Waals surface area contributed by atoms with Crippen molar-refractivity contribution in [1.82, 2.24) is 10.2 Å². The van der Waals surface area contributed by atoms with Crippen LogP contribution in [-0.4, -0.2) is 41.4 Å². The monoisotopic (exact) mass is 333 g/mol. The number of carbonyl (C=O) groups is 2. The van der Waals surface area contributed by atoms with Gasteiger partial charge in [-0.1, -0.05) is 19.3 Å². The quantitative estimate of drug-likeness (QED) is 0.885. The molecule has 6 heteroatoms. The van der Waals surface area contributed by atoms with E-state index in [9.17, 15) is 9.59 Å². The maximum Gasteiger partial charge on any atom is 0.255 e. The molecule has 6 nitrogen and oxygen atoms in total. The van der Waals surface area contributed by atoms with Crippen LogP contribution in [0.15, 0.2) is 16.7 Å². The van der Waals surface area contributed by atoms with Crippen LogP contribution in [0.1, 0.15) is 61.1 Å². The summed E-state index contributed by atoms with van der Waals surface area (Å²) in [6.07, 6.45) is 7.90. The number of furan rings is 1. The van der Waals surface area contributed by atoms with Crippen molar-refractivity contribution in [2.45, 2.75) is 63.5 Å². The van der Waals surface area contributed by atoms with Gasteiger partial charge in [0.1, 0.15) is 5.76 Å². The molecule has 2 aliphatic rings. The Labute approximate surface area is 142 Å². The Morgan fingerprint density at radius 3 is 2.50 bits per heavy atom. The van der Waals surface area contributed by atoms with Gasteiger partial charge >= 0.3 is 0 Å². The van der Waals surface area contributed by atoms with E-state index in [-0.39, 0.29) is 17.9 Å². The highest BCUT2D eigenvalue weighted by Gasteiger charge is 2.39. The van der Waals surface area contributed by atoms with E-state index >= 15 is 0 Å². The summed E-state index contributed by atoms with van der Waals surface area (Å²) in [7, 11) is 0. The van der Waals surface area contributed by atoms with Gasteiger partial charge in [-0.05, 0) is 38.7 Å². The number of nitrogens with zero attached hydrogens (tertiary/aromatic N) is 1. The first-order valence-corrected chi connectivity index (χ1v) is 8.93. The van der Waals surface area contributed by atoms with Crippen LogP contribution in [0.2, 0.25) is 0 Å². The lowest BCUT2D eigenvalue weighted by atomic mass is 9.81. The predicted octanol–water partition coefficient (Wildman–Crippen LogP) is 1.97. The van der Waals surface area contributed by atoms with Crippen molar-refractivity contribution >= 4 is 11.8 Å². The van der Waals surface area contributed by atoms with E-state index in [4.69, 9.17) is 10.2 Å². The van der Waals surface area contributed by atoms with E-state index in [1.165, 1.54) is 12.7 Å². The molecule has 1 aromatic heterocycles. The number of piperidine rings is 1. The number of carbonyl (C=O) groups excluding carboxylic acids is 2. The molecule has 1 saturated carbocycles. The minimum absolute atomic E-state index is 0.0935. The second-order valence-electron chi connectivity index (χ2n) is 7.15. The van der Waals surface area contributed by atoms with Gasteiger partial charge in [-0.25, -0.2) is 0 Å². The fourth-order valence-electron chi connectivity index (χ4n) is 3.82. The molecule has 1 aliphatic heterocycles. The van der Waals surface area contributed by atoms with Crippen molar-refractivity contribution < 1.29 is 14.0 Å². The number of nitrogens with two attached hydrogens (primary N) is 1. The van der Waals surface area contributed by atoms with Crippen molar-refractivity contribution in [1.29, 1.82) is 0 Å². The molecule has 0 spiro atoms. The number of hydrogen-bond donors (Lipinski definition) is 2. The Kier molecular flexibility index (Phi) is 4.94. The first-order valence-electron chi connectivity index (χ1n) is 8.93. The predicted molar refractivity (Wildman–Crippen MR) is 90.5 cm³/mol. The van der Waals surface area contributed by atoms with Crippen LogP contribution in [0.5, 0.6) is 0 Å². The summed E-state index contributed by atoms with van der Waals surface area (Å²) in [5.41, 5.74) is 6.27. The third kappa shape index (κ3) is 3.48. The summed E-state index contributed by atoms with van der Waals surface area (Å²) in [5.74, 6) is 0.619. The molecular formula is C18H27N3O3. The maximum atomic E-state index is 12.7. The Hall–Kier alpha value is -1.82. The molecule has 2 fully saturated rings. The zero-order chi connectivity index (χ0) is 17.2. The highest BCUT2D eigenvalue weighted by Crippen LogP contribution is 2.28. The average Bonchev–Trinajstić information content (AvgIpc) is 3.02. The summed E-state index contributed by atoms with van der Waals surface area (Å²) in [5, 5.41) is 3.04. The summed E-state index contributed by atoms with van der Waals surface area (Å²) < 4.78 is 5.17. The molecule has 0 radical (unpaired) electrons. The average molecular weight is 333 g/mol. The number of likely N-dealkylation sites (tertiary alicyclic amines) is 1. The molecule has 0 atom stereocenters. The lowest BCUT2D eigenvalue weighted by Crippen LogP contribution is -2.58. The number of amides is 2. The SMILES string of the molecule is Cc1occc1C(=O)NC1CCN(C(=O)C2(N)CCCCC2)CC1. The fraction of sp³-hybridized carbons (Fsp3) is 0.667. The fourth-order valence-corrected chi connectivity index (χ4v) is 3.82. The molecule has 24 heavy (non-hydrogen) atoms. The third-order valence-electron chi connectivity index (χ3n) is 5.39. The molecule has 0 aromatic carbocycles. The van der Waals surface area contributed by atoms with Crippen LogP contribution in [0, 0.1) is 6.92 Å². The summed E-state index contributed by atoms with van der Waals surface area (Å²) >= 11 is 0. The van der Waals surface area contributed by atoms with Crippen molar-refractivity contribution in [3.63, 3.8) is 0 Å². The van der Waals surface area contributed by atoms with Gasteiger partial charge in [0.2, 0.25) is 5.91 Å². The molecule has 1 aliphatic carbocycles. The summed E-state index contributed by atoms with van der Waals surface area (Å²) in [4.78, 5) is 26.9. The summed E-state index contributed by atoms with van der Waals surface area (Å²) in [6.45, 7) is 3.10. The summed E-state index contributed by atoms with van der Waals surface area (Å²) in [6, 6.07) is 1.78. The zero-order valence-corrected chi connectivity index (χ0v) is 14.3. The second-order valence-corrected chi connectivity index (χ2v) is 7.15. The van der Waals surface area contributed by atoms with Crippen molar-refractivity contribution in [2.75, 3.05) is 13.1 Å². The second kappa shape index (κ2) is 6.97. The Morgan fingerprint density at radius 2 is 1.92 bits per heavy atom. The van der Waals surface area contributed by atoms with Crippen LogP contribution in [0.25, 0.3) is 0 Å². The number of hydrogen-bond acceptors (Lipinski definition) is 4. The molecule has 1 aromatic rings. The van der Waals surface area contributed by atoms with E-state index in [1.54, 1.807) is 13.0 Å². The Bertz CT molecular complexity index is 596. The minimum Gasteiger partial charge on any atom is -0.469 e. The molecule has 132 valence electrons. The standard InChI is InChI=1S/C18H27N3O3/c1-13-15(7-12-24-13)16(22)20-14-5-10-21(11-6-14)17(23)18(19)8-3-2-4-9-18/h7,12,14H,2-6,8-11,19H2,1H3,(H,20,22). The third-order valence-corrected chi connectivity index (χ3v) is 5.39. The first kappa shape index (κ1) is 17.0. The zero-order valence-electron chi connectivity index (χ0n) is 14.3. The Balaban J connectivity index is 1.51. The topological polar surface area (TPSA) is 88.6 Å². The van der Waals surface area contributed by atoms with Crippen LogP contribution in [-0.2, 0) is 4.79 Å². The molecule has 3 rings (SSSR count). The Morgan fingerprint density at radius 1 is 1.25 bits per heavy atom. The molecule has 2 amide bonds. The van der Waals surface area contributed by atoms with Gasteiger partial charge in [-0.15, -0.1) is 0 Å². The molecule has 1 saturated heterocycles. The normalized spacial score (nSPS) is 21.5.